The summed E-state index contributed by atoms with van der Waals surface area (Å²) in [6.45, 7) is 5.53. The van der Waals surface area contributed by atoms with Crippen LogP contribution in [0.5, 0.6) is 11.5 Å². The van der Waals surface area contributed by atoms with Crippen LogP contribution in [0.4, 0.5) is 5.69 Å². The Morgan fingerprint density at radius 2 is 1.56 bits per heavy atom. The van der Waals surface area contributed by atoms with E-state index in [-0.39, 0.29) is 28.8 Å². The van der Waals surface area contributed by atoms with Gasteiger partial charge in [-0.25, -0.2) is 8.42 Å². The molecule has 0 unspecified atom stereocenters. The minimum absolute atomic E-state index is 0.0984. The van der Waals surface area contributed by atoms with E-state index in [1.807, 2.05) is 38.1 Å². The summed E-state index contributed by atoms with van der Waals surface area (Å²) in [6.07, 6.45) is 0.340. The highest BCUT2D eigenvalue weighted by Gasteiger charge is 2.34. The first-order valence-electron chi connectivity index (χ1n) is 13.2. The molecule has 0 bridgehead atoms. The molecule has 220 valence electrons. The number of aryl methyl sites for hydroxylation is 1. The normalized spacial score (nSPS) is 11.9. The molecule has 3 rings (SSSR count). The van der Waals surface area contributed by atoms with E-state index in [1.165, 1.54) is 49.5 Å². The monoisotopic (exact) mass is 601 g/mol. The lowest BCUT2D eigenvalue weighted by Crippen LogP contribution is -2.52. The van der Waals surface area contributed by atoms with E-state index < -0.39 is 28.5 Å². The van der Waals surface area contributed by atoms with Crippen molar-refractivity contribution in [3.8, 4) is 11.5 Å². The predicted molar refractivity (Wildman–Crippen MR) is 160 cm³/mol. The van der Waals surface area contributed by atoms with Crippen molar-refractivity contribution in [2.75, 3.05) is 31.6 Å². The number of benzene rings is 3. The second-order valence-corrected chi connectivity index (χ2v) is 11.6. The standard InChI is InChI=1S/C30H36ClN3O6S/c1-6-26(30(36)32-7-2)33(19-22-10-8-21(3)9-11-22)29(35)20-34(24-14-12-23(31)13-15-24)41(37,38)25-16-17-27(39-4)28(18-25)40-5/h8-18,26H,6-7,19-20H2,1-5H3,(H,32,36)/t26-/m0/s1. The van der Waals surface area contributed by atoms with E-state index in [0.717, 1.165) is 15.4 Å². The van der Waals surface area contributed by atoms with Gasteiger partial charge in [0.15, 0.2) is 11.5 Å². The highest BCUT2D eigenvalue weighted by Crippen LogP contribution is 2.32. The molecule has 11 heteroatoms. The number of carbonyl (C=O) groups excluding carboxylic acids is 2. The maximum Gasteiger partial charge on any atom is 0.264 e. The smallest absolute Gasteiger partial charge is 0.264 e. The van der Waals surface area contributed by atoms with Crippen LogP contribution in [0.2, 0.25) is 5.02 Å². The number of sulfonamides is 1. The minimum atomic E-state index is -4.29. The van der Waals surface area contributed by atoms with Gasteiger partial charge in [-0.1, -0.05) is 48.4 Å². The van der Waals surface area contributed by atoms with Gasteiger partial charge in [0, 0.05) is 24.2 Å². The first kappa shape index (κ1) is 31.8. The Kier molecular flexibility index (Phi) is 11.0. The van der Waals surface area contributed by atoms with Crippen molar-refractivity contribution in [3.05, 3.63) is 82.9 Å². The van der Waals surface area contributed by atoms with Gasteiger partial charge in [-0.05, 0) is 62.2 Å². The van der Waals surface area contributed by atoms with Gasteiger partial charge in [0.25, 0.3) is 10.0 Å². The van der Waals surface area contributed by atoms with Gasteiger partial charge < -0.3 is 19.7 Å². The second-order valence-electron chi connectivity index (χ2n) is 9.33. The number of nitrogens with one attached hydrogen (secondary N) is 1. The Hall–Kier alpha value is -3.76. The molecule has 2 amide bonds. The highest BCUT2D eigenvalue weighted by molar-refractivity contribution is 7.92. The summed E-state index contributed by atoms with van der Waals surface area (Å²) in [6, 6.07) is 17.2. The fraction of sp³-hybridized carbons (Fsp3) is 0.333. The zero-order valence-corrected chi connectivity index (χ0v) is 25.5. The third kappa shape index (κ3) is 7.71. The largest absolute Gasteiger partial charge is 0.493 e. The number of likely N-dealkylation sites (N-methyl/N-ethyl adjacent to an activating group) is 1. The number of methoxy groups -OCH3 is 2. The van der Waals surface area contributed by atoms with Crippen LogP contribution < -0.4 is 19.1 Å². The summed E-state index contributed by atoms with van der Waals surface area (Å²) in [5, 5.41) is 3.20. The molecule has 0 saturated heterocycles. The minimum Gasteiger partial charge on any atom is -0.493 e. The molecule has 1 atom stereocenters. The van der Waals surface area contributed by atoms with E-state index >= 15 is 0 Å². The molecule has 0 fully saturated rings. The van der Waals surface area contributed by atoms with Crippen molar-refractivity contribution in [2.45, 2.75) is 44.7 Å². The molecule has 3 aromatic rings. The van der Waals surface area contributed by atoms with Gasteiger partial charge in [0.1, 0.15) is 12.6 Å². The fourth-order valence-electron chi connectivity index (χ4n) is 4.34. The van der Waals surface area contributed by atoms with Crippen molar-refractivity contribution in [3.63, 3.8) is 0 Å². The molecule has 0 aliphatic carbocycles. The molecule has 0 radical (unpaired) electrons. The number of amides is 2. The number of anilines is 1. The van der Waals surface area contributed by atoms with E-state index in [1.54, 1.807) is 19.1 Å². The molecular formula is C30H36ClN3O6S. The van der Waals surface area contributed by atoms with Gasteiger partial charge in [0.05, 0.1) is 24.8 Å². The third-order valence-corrected chi connectivity index (χ3v) is 8.57. The zero-order chi connectivity index (χ0) is 30.2. The number of halogens is 1. The summed E-state index contributed by atoms with van der Waals surface area (Å²) < 4.78 is 39.7. The van der Waals surface area contributed by atoms with E-state index in [4.69, 9.17) is 21.1 Å². The van der Waals surface area contributed by atoms with E-state index in [2.05, 4.69) is 5.32 Å². The molecule has 0 aliphatic rings. The summed E-state index contributed by atoms with van der Waals surface area (Å²) in [7, 11) is -1.43. The quantitative estimate of drug-likeness (QED) is 0.302. The van der Waals surface area contributed by atoms with Crippen LogP contribution >= 0.6 is 11.6 Å². The number of ether oxygens (including phenoxy) is 2. The lowest BCUT2D eigenvalue weighted by Gasteiger charge is -2.33. The molecule has 41 heavy (non-hydrogen) atoms. The lowest BCUT2D eigenvalue weighted by molar-refractivity contribution is -0.140. The first-order valence-corrected chi connectivity index (χ1v) is 15.0. The third-order valence-electron chi connectivity index (χ3n) is 6.55. The maximum atomic E-state index is 14.1. The van der Waals surface area contributed by atoms with Crippen LogP contribution in [0.1, 0.15) is 31.4 Å². The Labute approximate surface area is 247 Å². The van der Waals surface area contributed by atoms with Gasteiger partial charge >= 0.3 is 0 Å². The van der Waals surface area contributed by atoms with Crippen LogP contribution in [-0.2, 0) is 26.2 Å². The Morgan fingerprint density at radius 3 is 2.12 bits per heavy atom. The Bertz CT molecular complexity index is 1450. The average Bonchev–Trinajstić information content (AvgIpc) is 2.96. The van der Waals surface area contributed by atoms with Gasteiger partial charge in [-0.3, -0.25) is 13.9 Å². The second kappa shape index (κ2) is 14.2. The van der Waals surface area contributed by atoms with Gasteiger partial charge in [-0.15, -0.1) is 0 Å². The van der Waals surface area contributed by atoms with E-state index in [0.29, 0.717) is 23.7 Å². The molecule has 0 heterocycles. The SMILES string of the molecule is CCNC(=O)[C@H](CC)N(Cc1ccc(C)cc1)C(=O)CN(c1ccc(Cl)cc1)S(=O)(=O)c1ccc(OC)c(OC)c1. The lowest BCUT2D eigenvalue weighted by atomic mass is 10.1. The number of nitrogens with zero attached hydrogens (tertiary/aromatic N) is 2. The number of hydrogen-bond donors (Lipinski definition) is 1. The van der Waals surface area contributed by atoms with Gasteiger partial charge in [0.2, 0.25) is 11.8 Å². The van der Waals surface area contributed by atoms with Crippen molar-refractivity contribution >= 4 is 39.1 Å². The summed E-state index contributed by atoms with van der Waals surface area (Å²) in [4.78, 5) is 28.4. The maximum absolute atomic E-state index is 14.1. The van der Waals surface area contributed by atoms with Crippen LogP contribution in [0.3, 0.4) is 0 Å². The zero-order valence-electron chi connectivity index (χ0n) is 23.9. The number of hydrogen-bond acceptors (Lipinski definition) is 6. The molecule has 9 nitrogen and oxygen atoms in total. The number of rotatable bonds is 13. The summed E-state index contributed by atoms with van der Waals surface area (Å²) in [5.74, 6) is -0.268. The van der Waals surface area contributed by atoms with Crippen LogP contribution in [-0.4, -0.2) is 58.5 Å². The molecule has 3 aromatic carbocycles. The molecular weight excluding hydrogens is 566 g/mol. The van der Waals surface area contributed by atoms with Gasteiger partial charge in [-0.2, -0.15) is 0 Å². The van der Waals surface area contributed by atoms with Crippen molar-refractivity contribution in [1.29, 1.82) is 0 Å². The van der Waals surface area contributed by atoms with Crippen molar-refractivity contribution in [2.24, 2.45) is 0 Å². The average molecular weight is 602 g/mol. The predicted octanol–water partition coefficient (Wildman–Crippen LogP) is 4.80. The van der Waals surface area contributed by atoms with Crippen LogP contribution in [0, 0.1) is 6.92 Å². The summed E-state index contributed by atoms with van der Waals surface area (Å²) in [5.41, 5.74) is 2.10. The first-order chi connectivity index (χ1) is 19.5. The Morgan fingerprint density at radius 1 is 0.927 bits per heavy atom. The highest BCUT2D eigenvalue weighted by atomic mass is 35.5. The van der Waals surface area contributed by atoms with Crippen molar-refractivity contribution in [1.82, 2.24) is 10.2 Å². The molecule has 1 N–H and O–H groups in total. The molecule has 0 aromatic heterocycles. The topological polar surface area (TPSA) is 105 Å². The summed E-state index contributed by atoms with van der Waals surface area (Å²) >= 11 is 6.09. The fourth-order valence-corrected chi connectivity index (χ4v) is 5.90. The molecule has 0 aliphatic heterocycles. The van der Waals surface area contributed by atoms with Crippen LogP contribution in [0.15, 0.2) is 71.6 Å². The van der Waals surface area contributed by atoms with Crippen molar-refractivity contribution < 1.29 is 27.5 Å². The number of carbonyl (C=O) groups is 2. The Balaban J connectivity index is 2.09. The van der Waals surface area contributed by atoms with Crippen LogP contribution in [0.25, 0.3) is 0 Å². The molecule has 0 saturated carbocycles. The molecule has 0 spiro atoms. The van der Waals surface area contributed by atoms with E-state index in [9.17, 15) is 18.0 Å².